The fourth-order valence-electron chi connectivity index (χ4n) is 2.29. The predicted octanol–water partition coefficient (Wildman–Crippen LogP) is 4.50. The molecule has 0 spiro atoms. The van der Waals surface area contributed by atoms with Gasteiger partial charge in [-0.3, -0.25) is 9.59 Å². The van der Waals surface area contributed by atoms with Crippen LogP contribution in [0.15, 0.2) is 43.5 Å². The molecule has 0 aliphatic rings. The van der Waals surface area contributed by atoms with E-state index in [0.29, 0.717) is 0 Å². The Hall–Kier alpha value is -2.58. The van der Waals surface area contributed by atoms with Crippen LogP contribution in [0.25, 0.3) is 12.2 Å². The van der Waals surface area contributed by atoms with Gasteiger partial charge in [-0.25, -0.2) is 0 Å². The van der Waals surface area contributed by atoms with Gasteiger partial charge in [0.2, 0.25) is 0 Å². The second kappa shape index (κ2) is 14.9. The topological polar surface area (TPSA) is 95.9 Å². The first-order chi connectivity index (χ1) is 16.5. The third-order valence-corrected chi connectivity index (χ3v) is 5.89. The van der Waals surface area contributed by atoms with E-state index in [1.165, 1.54) is 12.7 Å². The van der Waals surface area contributed by atoms with Crippen LogP contribution >= 0.6 is 23.2 Å². The number of aryl methyl sites for hydroxylation is 1. The van der Waals surface area contributed by atoms with Crippen molar-refractivity contribution in [1.82, 2.24) is 5.32 Å². The molecule has 2 aromatic rings. The Bertz CT molecular complexity index is 1010. The highest BCUT2D eigenvalue weighted by molar-refractivity contribution is 6.39. The number of rotatable bonds is 6. The fourth-order valence-corrected chi connectivity index (χ4v) is 2.86. The summed E-state index contributed by atoms with van der Waals surface area (Å²) < 4.78 is 4.38. The van der Waals surface area contributed by atoms with Crippen molar-refractivity contribution < 1.29 is 24.5 Å². The minimum atomic E-state index is -1.01. The molecular weight excluding hydrogens is 500 g/mol. The number of halogens is 2. The second-order valence-electron chi connectivity index (χ2n) is 8.68. The smallest absolute Gasteiger partial charge is 0.325 e. The Labute approximate surface area is 225 Å². The standard InChI is InChI=1S/C11H11B.C10H9Cl2NO3.C6H14O2/c1-4-9-8(3)6-7-11(12)10(9)5-2;1-16-8(14)5-13-10(15)9-6(11)3-2-4-7(9)12;1-5(2,7)6(3,4)8/h4-7H,1-2H2,3H3;2-4H,5H2,1H3,(H,13,15);7-8H,1-4H3. The molecule has 3 N–H and O–H groups in total. The van der Waals surface area contributed by atoms with E-state index in [0.717, 1.165) is 16.6 Å². The number of carbonyl (C=O) groups is 2. The summed E-state index contributed by atoms with van der Waals surface area (Å²) in [6, 6.07) is 8.58. The van der Waals surface area contributed by atoms with E-state index in [1.807, 2.05) is 25.1 Å². The lowest BCUT2D eigenvalue weighted by molar-refractivity contribution is -0.139. The zero-order valence-electron chi connectivity index (χ0n) is 21.6. The van der Waals surface area contributed by atoms with Crippen molar-refractivity contribution in [1.29, 1.82) is 0 Å². The number of nitrogens with one attached hydrogen (secondary N) is 1. The van der Waals surface area contributed by atoms with Crippen LogP contribution in [0.1, 0.15) is 54.7 Å². The van der Waals surface area contributed by atoms with Crippen molar-refractivity contribution in [3.8, 4) is 0 Å². The van der Waals surface area contributed by atoms with E-state index in [2.05, 4.69) is 23.2 Å². The molecule has 9 heteroatoms. The van der Waals surface area contributed by atoms with E-state index in [9.17, 15) is 9.59 Å². The molecule has 0 saturated heterocycles. The molecule has 0 aliphatic heterocycles. The molecular formula is C27H34BCl2NO5. The molecule has 0 saturated carbocycles. The van der Waals surface area contributed by atoms with Gasteiger partial charge in [0.15, 0.2) is 0 Å². The van der Waals surface area contributed by atoms with Crippen molar-refractivity contribution in [2.24, 2.45) is 0 Å². The van der Waals surface area contributed by atoms with E-state index < -0.39 is 23.1 Å². The number of hydrogen-bond acceptors (Lipinski definition) is 5. The van der Waals surface area contributed by atoms with Crippen LogP contribution in [0.2, 0.25) is 10.0 Å². The molecule has 0 unspecified atom stereocenters. The van der Waals surface area contributed by atoms with Gasteiger partial charge in [-0.2, -0.15) is 0 Å². The van der Waals surface area contributed by atoms with Crippen LogP contribution in [-0.4, -0.2) is 54.8 Å². The first-order valence-electron chi connectivity index (χ1n) is 10.9. The minimum absolute atomic E-state index is 0.148. The largest absolute Gasteiger partial charge is 0.468 e. The number of ether oxygens (including phenoxy) is 1. The van der Waals surface area contributed by atoms with Crippen molar-refractivity contribution in [3.63, 3.8) is 0 Å². The number of esters is 1. The number of amides is 1. The highest BCUT2D eigenvalue weighted by Gasteiger charge is 2.31. The maximum Gasteiger partial charge on any atom is 0.325 e. The van der Waals surface area contributed by atoms with Gasteiger partial charge in [0, 0.05) is 0 Å². The lowest BCUT2D eigenvalue weighted by Gasteiger charge is -2.31. The number of benzene rings is 2. The van der Waals surface area contributed by atoms with Gasteiger partial charge in [-0.1, -0.05) is 72.2 Å². The van der Waals surface area contributed by atoms with Crippen LogP contribution < -0.4 is 10.8 Å². The van der Waals surface area contributed by atoms with E-state index in [-0.39, 0.29) is 22.2 Å². The van der Waals surface area contributed by atoms with Gasteiger partial charge < -0.3 is 20.3 Å². The highest BCUT2D eigenvalue weighted by atomic mass is 35.5. The molecule has 0 bridgehead atoms. The number of hydrogen-bond donors (Lipinski definition) is 3. The third-order valence-electron chi connectivity index (χ3n) is 5.26. The molecule has 1 amide bonds. The Balaban J connectivity index is 0.000000542. The molecule has 36 heavy (non-hydrogen) atoms. The van der Waals surface area contributed by atoms with Gasteiger partial charge in [0.25, 0.3) is 5.91 Å². The zero-order valence-corrected chi connectivity index (χ0v) is 23.1. The van der Waals surface area contributed by atoms with Gasteiger partial charge >= 0.3 is 5.97 Å². The zero-order chi connectivity index (χ0) is 28.3. The average molecular weight is 534 g/mol. The summed E-state index contributed by atoms with van der Waals surface area (Å²) in [5.41, 5.74) is 2.12. The van der Waals surface area contributed by atoms with Crippen LogP contribution in [-0.2, 0) is 9.53 Å². The summed E-state index contributed by atoms with van der Waals surface area (Å²) in [6.07, 6.45) is 3.57. The molecule has 6 nitrogen and oxygen atoms in total. The quantitative estimate of drug-likeness (QED) is 0.375. The summed E-state index contributed by atoms with van der Waals surface area (Å²) in [7, 11) is 6.99. The first-order valence-corrected chi connectivity index (χ1v) is 11.6. The van der Waals surface area contributed by atoms with E-state index >= 15 is 0 Å². The minimum Gasteiger partial charge on any atom is -0.468 e. The number of aliphatic hydroxyl groups is 2. The van der Waals surface area contributed by atoms with Crippen LogP contribution in [0.4, 0.5) is 0 Å². The monoisotopic (exact) mass is 533 g/mol. The van der Waals surface area contributed by atoms with Crippen LogP contribution in [0, 0.1) is 6.92 Å². The first kappa shape index (κ1) is 33.4. The lowest BCUT2D eigenvalue weighted by atomic mass is 9.86. The molecule has 2 rings (SSSR count). The SMILES string of the molecule is CC(C)(O)C(C)(C)O.COC(=O)CNC(=O)c1c(Cl)cccc1Cl.[B]c1ccc(C)c(C=C)c1C=C. The molecule has 0 aromatic heterocycles. The van der Waals surface area contributed by atoms with Gasteiger partial charge in [0.05, 0.1) is 33.9 Å². The predicted molar refractivity (Wildman–Crippen MR) is 150 cm³/mol. The molecule has 0 atom stereocenters. The van der Waals surface area contributed by atoms with Crippen LogP contribution in [0.5, 0.6) is 0 Å². The summed E-state index contributed by atoms with van der Waals surface area (Å²) >= 11 is 11.6. The second-order valence-corrected chi connectivity index (χ2v) is 9.50. The number of methoxy groups -OCH3 is 1. The van der Waals surface area contributed by atoms with Gasteiger partial charge in [-0.15, -0.1) is 0 Å². The summed E-state index contributed by atoms with van der Waals surface area (Å²) in [5.74, 6) is -1.06. The maximum atomic E-state index is 11.6. The average Bonchev–Trinajstić information content (AvgIpc) is 2.78. The Kier molecular flexibility index (Phi) is 13.8. The molecule has 0 heterocycles. The molecule has 0 fully saturated rings. The molecule has 2 aromatic carbocycles. The summed E-state index contributed by atoms with van der Waals surface area (Å²) in [6.45, 7) is 15.6. The lowest BCUT2D eigenvalue weighted by Crippen LogP contribution is -2.44. The molecule has 0 aliphatic carbocycles. The Morgan fingerprint density at radius 1 is 1.00 bits per heavy atom. The number of carbonyl (C=O) groups excluding carboxylic acids is 2. The van der Waals surface area contributed by atoms with Gasteiger partial charge in [-0.05, 0) is 63.4 Å². The molecule has 194 valence electrons. The van der Waals surface area contributed by atoms with Crippen molar-refractivity contribution in [2.45, 2.75) is 45.8 Å². The van der Waals surface area contributed by atoms with Crippen molar-refractivity contribution >= 4 is 60.5 Å². The van der Waals surface area contributed by atoms with Crippen molar-refractivity contribution in [3.05, 3.63) is 75.8 Å². The fraction of sp³-hybridized carbons (Fsp3) is 0.333. The van der Waals surface area contributed by atoms with Crippen molar-refractivity contribution in [2.75, 3.05) is 13.7 Å². The third kappa shape index (κ3) is 10.6. The Morgan fingerprint density at radius 2 is 1.47 bits per heavy atom. The summed E-state index contributed by atoms with van der Waals surface area (Å²) in [5, 5.41) is 21.0. The molecule has 2 radical (unpaired) electrons. The normalized spacial score (nSPS) is 10.6. The highest BCUT2D eigenvalue weighted by Crippen LogP contribution is 2.23. The summed E-state index contributed by atoms with van der Waals surface area (Å²) in [4.78, 5) is 22.4. The Morgan fingerprint density at radius 3 is 1.83 bits per heavy atom. The van der Waals surface area contributed by atoms with E-state index in [4.69, 9.17) is 41.3 Å². The maximum absolute atomic E-state index is 11.6. The van der Waals surface area contributed by atoms with Crippen LogP contribution in [0.3, 0.4) is 0 Å². The van der Waals surface area contributed by atoms with Gasteiger partial charge in [0.1, 0.15) is 14.4 Å². The van der Waals surface area contributed by atoms with E-state index in [1.54, 1.807) is 52.0 Å².